The molecule has 1 aromatic rings. The van der Waals surface area contributed by atoms with Crippen LogP contribution in [-0.2, 0) is 18.6 Å². The molecule has 1 aliphatic carbocycles. The molecule has 0 bridgehead atoms. The zero-order chi connectivity index (χ0) is 16.8. The molecule has 2 heterocycles. The second kappa shape index (κ2) is 5.69. The van der Waals surface area contributed by atoms with E-state index < -0.39 is 20.0 Å². The Morgan fingerprint density at radius 1 is 1.52 bits per heavy atom. The van der Waals surface area contributed by atoms with Crippen molar-refractivity contribution < 1.29 is 33.5 Å². The van der Waals surface area contributed by atoms with Crippen LogP contribution in [0.1, 0.15) is 30.9 Å². The molecule has 12 heteroatoms. The molecule has 1 saturated carbocycles. The molecule has 5 N–H and O–H groups in total. The smallest absolute Gasteiger partial charge is 0.429 e. The summed E-state index contributed by atoms with van der Waals surface area (Å²) in [6.07, 6.45) is 0.552. The van der Waals surface area contributed by atoms with Crippen molar-refractivity contribution in [3.63, 3.8) is 0 Å². The number of aliphatic hydroxyl groups excluding tert-OH is 1. The van der Waals surface area contributed by atoms with Gasteiger partial charge in [-0.05, 0) is 6.42 Å². The summed E-state index contributed by atoms with van der Waals surface area (Å²) in [5.74, 6) is -0.497. The van der Waals surface area contributed by atoms with Crippen molar-refractivity contribution in [1.82, 2.24) is 9.55 Å². The third-order valence-corrected chi connectivity index (χ3v) is 4.25. The molecule has 3 rings (SSSR count). The van der Waals surface area contributed by atoms with Crippen LogP contribution in [0.2, 0.25) is 0 Å². The zero-order valence-electron chi connectivity index (χ0n) is 11.8. The van der Waals surface area contributed by atoms with Gasteiger partial charge < -0.3 is 29.9 Å². The summed E-state index contributed by atoms with van der Waals surface area (Å²) in [6, 6.07) is -0.525. The van der Waals surface area contributed by atoms with E-state index in [0.29, 0.717) is 12.2 Å². The SMILES string of the molecule is NC1=Nc2c(ncn2[C@H]2CC(=O)[C@@H](COP(=O)(O)O)C2)C(O)O1. The third kappa shape index (κ3) is 3.28. The van der Waals surface area contributed by atoms with Crippen LogP contribution in [0.3, 0.4) is 0 Å². The fourth-order valence-corrected chi connectivity index (χ4v) is 3.10. The molecule has 3 atom stereocenters. The molecule has 126 valence electrons. The van der Waals surface area contributed by atoms with Gasteiger partial charge in [0.15, 0.2) is 11.5 Å². The highest BCUT2D eigenvalue weighted by molar-refractivity contribution is 7.46. The number of rotatable bonds is 4. The van der Waals surface area contributed by atoms with Crippen molar-refractivity contribution >= 4 is 25.4 Å². The van der Waals surface area contributed by atoms with Crippen molar-refractivity contribution in [2.75, 3.05) is 6.61 Å². The van der Waals surface area contributed by atoms with E-state index in [4.69, 9.17) is 20.3 Å². The van der Waals surface area contributed by atoms with Gasteiger partial charge in [-0.2, -0.15) is 4.99 Å². The number of fused-ring (bicyclic) bond motifs is 1. The summed E-state index contributed by atoms with van der Waals surface area (Å²) >= 11 is 0. The topological polar surface area (TPSA) is 169 Å². The highest BCUT2D eigenvalue weighted by Gasteiger charge is 2.37. The highest BCUT2D eigenvalue weighted by atomic mass is 31.2. The predicted octanol–water partition coefficient (Wildman–Crippen LogP) is -0.520. The zero-order valence-corrected chi connectivity index (χ0v) is 12.7. The van der Waals surface area contributed by atoms with E-state index in [-0.39, 0.29) is 36.6 Å². The van der Waals surface area contributed by atoms with Crippen molar-refractivity contribution in [2.24, 2.45) is 16.6 Å². The third-order valence-electron chi connectivity index (χ3n) is 3.76. The Hall–Kier alpha value is -1.78. The number of amidine groups is 1. The van der Waals surface area contributed by atoms with Crippen LogP contribution >= 0.6 is 7.82 Å². The van der Waals surface area contributed by atoms with Crippen LogP contribution in [0.15, 0.2) is 11.3 Å². The number of carbonyl (C=O) groups is 1. The van der Waals surface area contributed by atoms with Crippen LogP contribution in [0.25, 0.3) is 0 Å². The monoisotopic (exact) mass is 346 g/mol. The average molecular weight is 346 g/mol. The fraction of sp³-hybridized carbons (Fsp3) is 0.545. The Labute approximate surface area is 130 Å². The molecule has 1 aromatic heterocycles. The van der Waals surface area contributed by atoms with Gasteiger partial charge in [-0.25, -0.2) is 9.55 Å². The Morgan fingerprint density at radius 3 is 2.96 bits per heavy atom. The molecule has 0 saturated heterocycles. The molecule has 1 fully saturated rings. The molecule has 23 heavy (non-hydrogen) atoms. The number of ketones is 1. The second-order valence-electron chi connectivity index (χ2n) is 5.32. The number of carbonyl (C=O) groups excluding carboxylic acids is 1. The van der Waals surface area contributed by atoms with Crippen molar-refractivity contribution in [3.05, 3.63) is 12.0 Å². The molecule has 2 aliphatic rings. The number of aliphatic hydroxyl groups is 1. The van der Waals surface area contributed by atoms with E-state index in [1.807, 2.05) is 0 Å². The Morgan fingerprint density at radius 2 is 2.26 bits per heavy atom. The molecule has 0 aromatic carbocycles. The number of nitrogens with zero attached hydrogens (tertiary/aromatic N) is 3. The van der Waals surface area contributed by atoms with Crippen molar-refractivity contribution in [1.29, 1.82) is 0 Å². The van der Waals surface area contributed by atoms with Gasteiger partial charge in [-0.15, -0.1) is 0 Å². The van der Waals surface area contributed by atoms with E-state index >= 15 is 0 Å². The molecule has 0 radical (unpaired) electrons. The van der Waals surface area contributed by atoms with E-state index in [1.54, 1.807) is 4.57 Å². The first kappa shape index (κ1) is 16.1. The summed E-state index contributed by atoms with van der Waals surface area (Å²) in [6.45, 7) is -0.354. The lowest BCUT2D eigenvalue weighted by molar-refractivity contribution is -0.121. The number of aliphatic imine (C=N–C) groups is 1. The number of imidazole rings is 1. The highest BCUT2D eigenvalue weighted by Crippen LogP contribution is 2.41. The van der Waals surface area contributed by atoms with Gasteiger partial charge >= 0.3 is 7.82 Å². The fourth-order valence-electron chi connectivity index (χ4n) is 2.73. The van der Waals surface area contributed by atoms with E-state index in [0.717, 1.165) is 0 Å². The molecule has 11 nitrogen and oxygen atoms in total. The Balaban J connectivity index is 1.78. The van der Waals surface area contributed by atoms with E-state index in [2.05, 4.69) is 14.5 Å². The van der Waals surface area contributed by atoms with Gasteiger partial charge in [0, 0.05) is 18.4 Å². The number of nitrogens with two attached hydrogens (primary N) is 1. The first-order chi connectivity index (χ1) is 10.7. The summed E-state index contributed by atoms with van der Waals surface area (Å²) in [4.78, 5) is 37.4. The number of Topliss-reactive ketones (excluding diaryl/α,β-unsaturated/α-hetero) is 1. The molecule has 0 spiro atoms. The Kier molecular flexibility index (Phi) is 3.98. The number of hydrogen-bond acceptors (Lipinski definition) is 8. The van der Waals surface area contributed by atoms with Crippen molar-refractivity contribution in [2.45, 2.75) is 25.2 Å². The van der Waals surface area contributed by atoms with Gasteiger partial charge in [-0.3, -0.25) is 9.32 Å². The van der Waals surface area contributed by atoms with Gasteiger partial charge in [-0.1, -0.05) is 0 Å². The largest absolute Gasteiger partial charge is 0.469 e. The van der Waals surface area contributed by atoms with Crippen molar-refractivity contribution in [3.8, 4) is 0 Å². The van der Waals surface area contributed by atoms with Gasteiger partial charge in [0.2, 0.25) is 6.29 Å². The predicted molar refractivity (Wildman–Crippen MR) is 74.3 cm³/mol. The first-order valence-electron chi connectivity index (χ1n) is 6.73. The molecule has 1 aliphatic heterocycles. The minimum atomic E-state index is -4.62. The summed E-state index contributed by atoms with van der Waals surface area (Å²) in [5, 5.41) is 9.73. The minimum Gasteiger partial charge on any atom is -0.429 e. The molecule has 1 unspecified atom stereocenters. The lowest BCUT2D eigenvalue weighted by Crippen LogP contribution is -2.23. The number of phosphoric acid groups is 1. The molecular formula is C11H15N4O7P. The maximum Gasteiger partial charge on any atom is 0.469 e. The lowest BCUT2D eigenvalue weighted by Gasteiger charge is -2.19. The quantitative estimate of drug-likeness (QED) is 0.524. The lowest BCUT2D eigenvalue weighted by atomic mass is 10.1. The van der Waals surface area contributed by atoms with Crippen LogP contribution in [-0.4, -0.2) is 42.9 Å². The summed E-state index contributed by atoms with van der Waals surface area (Å²) in [7, 11) is -4.62. The number of hydrogen-bond donors (Lipinski definition) is 4. The Bertz CT molecular complexity index is 711. The summed E-state index contributed by atoms with van der Waals surface area (Å²) in [5.41, 5.74) is 5.67. The average Bonchev–Trinajstić information content (AvgIpc) is 2.99. The minimum absolute atomic E-state index is 0.143. The maximum atomic E-state index is 12.0. The van der Waals surface area contributed by atoms with Gasteiger partial charge in [0.1, 0.15) is 5.78 Å². The van der Waals surface area contributed by atoms with E-state index in [9.17, 15) is 14.5 Å². The standard InChI is InChI=1S/C11H15N4O7P/c12-11-14-9-8(10(17)22-11)13-4-15(9)6-1-5(7(16)2-6)3-21-23(18,19)20/h4-6,10,17H,1-3H2,(H2,12,14)(H2,18,19,20)/t5-,6-,10?/m1/s1. The maximum absolute atomic E-state index is 12.0. The van der Waals surface area contributed by atoms with Crippen LogP contribution < -0.4 is 5.73 Å². The van der Waals surface area contributed by atoms with Crippen LogP contribution in [0, 0.1) is 5.92 Å². The van der Waals surface area contributed by atoms with Crippen LogP contribution in [0.5, 0.6) is 0 Å². The molecule has 0 amide bonds. The first-order valence-corrected chi connectivity index (χ1v) is 8.26. The number of phosphoric ester groups is 1. The molecular weight excluding hydrogens is 331 g/mol. The summed E-state index contributed by atoms with van der Waals surface area (Å²) < 4.78 is 21.6. The van der Waals surface area contributed by atoms with Gasteiger partial charge in [0.05, 0.1) is 12.9 Å². The number of aromatic nitrogens is 2. The number of ether oxygens (including phenoxy) is 1. The van der Waals surface area contributed by atoms with Gasteiger partial charge in [0.25, 0.3) is 6.02 Å². The second-order valence-corrected chi connectivity index (χ2v) is 6.56. The van der Waals surface area contributed by atoms with Crippen LogP contribution in [0.4, 0.5) is 5.82 Å². The van der Waals surface area contributed by atoms with E-state index in [1.165, 1.54) is 6.33 Å². The normalized spacial score (nSPS) is 27.5.